The Hall–Kier alpha value is -11.6. The van der Waals surface area contributed by atoms with Gasteiger partial charge in [-0.1, -0.05) is 285 Å². The molecule has 100 heavy (non-hydrogen) atoms. The molecule has 4 aromatic heterocycles. The van der Waals surface area contributed by atoms with E-state index >= 15 is 0 Å². The molecular weight excluding hydrogens is 1280 g/mol. The van der Waals surface area contributed by atoms with Crippen LogP contribution in [0.15, 0.2) is 328 Å². The highest BCUT2D eigenvalue weighted by atomic mass is 32.1. The molecule has 0 nitrogen and oxygen atoms in total. The summed E-state index contributed by atoms with van der Waals surface area (Å²) in [5.41, 5.74) is 17.5. The lowest BCUT2D eigenvalue weighted by atomic mass is 9.86. The maximum Gasteiger partial charge on any atom is 0.0534 e. The molecule has 0 radical (unpaired) electrons. The molecule has 0 atom stereocenters. The second kappa shape index (κ2) is 22.0. The highest BCUT2D eigenvalue weighted by Gasteiger charge is 2.22. The standard InChI is InChI=1S/C96H54S4/c1-3-15-58(16-4-1)89-70-19-7-11-23-74(70)91(75-24-12-8-20-71(75)89)60-32-27-55(28-33-60)64-40-44-69-82-53-83-88(54-87(82)98-85(69)51-64)97-84-48-41-66-49-62(38-42-67(66)93(83)84)63-36-31-57-37-45-79-80-47-46-78-68-43-39-65(52-86(68)99-95(78)96(80)100-94(79)81(57)50-63)56-29-34-61(35-30-56)92-76-25-13-9-21-72(76)90(59-17-5-2-6-18-59)73-22-10-14-26-77(73)92/h1-54H. The summed E-state index contributed by atoms with van der Waals surface area (Å²) in [5, 5.41) is 26.0. The van der Waals surface area contributed by atoms with Gasteiger partial charge in [-0.05, 0) is 180 Å². The average Bonchev–Trinajstić information content (AvgIpc) is 1.43. The van der Waals surface area contributed by atoms with Crippen molar-refractivity contribution in [1.29, 1.82) is 0 Å². The molecule has 0 amide bonds. The van der Waals surface area contributed by atoms with Crippen molar-refractivity contribution in [2.75, 3.05) is 0 Å². The molecule has 462 valence electrons. The quantitative estimate of drug-likeness (QED) is 0.140. The third kappa shape index (κ3) is 8.55. The minimum absolute atomic E-state index is 1.22. The highest BCUT2D eigenvalue weighted by Crippen LogP contribution is 2.51. The van der Waals surface area contributed by atoms with Gasteiger partial charge in [0.2, 0.25) is 0 Å². The first-order valence-corrected chi connectivity index (χ1v) is 37.5. The van der Waals surface area contributed by atoms with Gasteiger partial charge in [-0.15, -0.1) is 45.3 Å². The van der Waals surface area contributed by atoms with Crippen LogP contribution in [-0.2, 0) is 0 Å². The minimum atomic E-state index is 1.22. The Kier molecular flexibility index (Phi) is 12.4. The Bertz CT molecular complexity index is 7110. The van der Waals surface area contributed by atoms with Crippen LogP contribution >= 0.6 is 45.3 Å². The summed E-state index contributed by atoms with van der Waals surface area (Å²) < 4.78 is 10.7. The summed E-state index contributed by atoms with van der Waals surface area (Å²) in [5.74, 6) is 0. The predicted octanol–water partition coefficient (Wildman–Crippen LogP) is 29.7. The van der Waals surface area contributed by atoms with Crippen LogP contribution in [0.2, 0.25) is 0 Å². The van der Waals surface area contributed by atoms with Gasteiger partial charge >= 0.3 is 0 Å². The van der Waals surface area contributed by atoms with Crippen molar-refractivity contribution in [3.8, 4) is 77.9 Å². The minimum Gasteiger partial charge on any atom is -0.135 e. The van der Waals surface area contributed by atoms with E-state index in [2.05, 4.69) is 328 Å². The molecule has 0 unspecified atom stereocenters. The molecule has 0 aliphatic carbocycles. The van der Waals surface area contributed by atoms with Crippen molar-refractivity contribution in [2.24, 2.45) is 0 Å². The smallest absolute Gasteiger partial charge is 0.0534 e. The normalized spacial score (nSPS) is 12.2. The number of benzene rings is 18. The lowest BCUT2D eigenvalue weighted by Crippen LogP contribution is -1.90. The maximum atomic E-state index is 2.49. The fraction of sp³-hybridized carbons (Fsp3) is 0. The lowest BCUT2D eigenvalue weighted by Gasteiger charge is -2.18. The van der Waals surface area contributed by atoms with E-state index in [1.165, 1.54) is 223 Å². The van der Waals surface area contributed by atoms with Crippen molar-refractivity contribution < 1.29 is 0 Å². The molecule has 0 N–H and O–H groups in total. The number of fused-ring (bicyclic) bond motifs is 21. The zero-order valence-corrected chi connectivity index (χ0v) is 57.1. The van der Waals surface area contributed by atoms with E-state index in [1.54, 1.807) is 0 Å². The van der Waals surface area contributed by atoms with Crippen LogP contribution in [0.4, 0.5) is 0 Å². The molecule has 0 aliphatic heterocycles. The third-order valence-corrected chi connectivity index (χ3v) is 26.3. The Morgan fingerprint density at radius 2 is 0.480 bits per heavy atom. The molecule has 22 aromatic rings. The van der Waals surface area contributed by atoms with Gasteiger partial charge < -0.3 is 0 Å². The van der Waals surface area contributed by atoms with E-state index < -0.39 is 0 Å². The Morgan fingerprint density at radius 1 is 0.140 bits per heavy atom. The SMILES string of the molecule is c1ccc(-c2c3ccccc3c(-c3ccc(-c4ccc5c(c4)sc4cc6sc7ccc8cc(-c9ccc%10ccc%11c%12ccc%13c%14ccc(-c%15ccc(-c%16c%17ccccc%17c(-c%17ccccc%17)c%17ccccc%16%17)cc%15)cc%14sc%13c%12sc%11c%10c9)ccc8c7c6cc45)cc3)c3ccccc23)cc1. The molecule has 0 aliphatic rings. The van der Waals surface area contributed by atoms with Crippen LogP contribution in [0.5, 0.6) is 0 Å². The first-order valence-electron chi connectivity index (χ1n) is 34.2. The zero-order valence-electron chi connectivity index (χ0n) is 53.8. The van der Waals surface area contributed by atoms with Gasteiger partial charge in [-0.3, -0.25) is 0 Å². The van der Waals surface area contributed by atoms with Crippen molar-refractivity contribution in [1.82, 2.24) is 0 Å². The van der Waals surface area contributed by atoms with Gasteiger partial charge in [0.25, 0.3) is 0 Å². The number of thiophene rings is 4. The number of rotatable bonds is 7. The molecule has 0 spiro atoms. The van der Waals surface area contributed by atoms with Crippen LogP contribution < -0.4 is 0 Å². The van der Waals surface area contributed by atoms with Crippen molar-refractivity contribution in [2.45, 2.75) is 0 Å². The van der Waals surface area contributed by atoms with Gasteiger partial charge in [-0.25, -0.2) is 0 Å². The molecule has 18 aromatic carbocycles. The molecule has 0 saturated carbocycles. The topological polar surface area (TPSA) is 0 Å². The highest BCUT2D eigenvalue weighted by molar-refractivity contribution is 7.34. The van der Waals surface area contributed by atoms with Crippen LogP contribution in [0.25, 0.3) is 223 Å². The predicted molar refractivity (Wildman–Crippen MR) is 441 cm³/mol. The fourth-order valence-corrected chi connectivity index (χ4v) is 21.9. The van der Waals surface area contributed by atoms with E-state index in [-0.39, 0.29) is 0 Å². The number of hydrogen-bond acceptors (Lipinski definition) is 4. The van der Waals surface area contributed by atoms with E-state index in [1.807, 2.05) is 45.3 Å². The lowest BCUT2D eigenvalue weighted by molar-refractivity contribution is 1.63. The molecule has 0 fully saturated rings. The van der Waals surface area contributed by atoms with Gasteiger partial charge in [0, 0.05) is 76.7 Å². The zero-order chi connectivity index (χ0) is 65.3. The first-order chi connectivity index (χ1) is 49.5. The van der Waals surface area contributed by atoms with Gasteiger partial charge in [0.15, 0.2) is 0 Å². The first kappa shape index (κ1) is 56.4. The molecule has 0 saturated heterocycles. The van der Waals surface area contributed by atoms with Gasteiger partial charge in [-0.2, -0.15) is 0 Å². The summed E-state index contributed by atoms with van der Waals surface area (Å²) in [6.45, 7) is 0. The van der Waals surface area contributed by atoms with Crippen LogP contribution in [-0.4, -0.2) is 0 Å². The van der Waals surface area contributed by atoms with Crippen LogP contribution in [0.1, 0.15) is 0 Å². The maximum absolute atomic E-state index is 2.49. The Morgan fingerprint density at radius 3 is 1.02 bits per heavy atom. The van der Waals surface area contributed by atoms with Crippen molar-refractivity contribution in [3.05, 3.63) is 328 Å². The van der Waals surface area contributed by atoms with Gasteiger partial charge in [0.05, 0.1) is 9.40 Å². The largest absolute Gasteiger partial charge is 0.135 e. The van der Waals surface area contributed by atoms with Crippen LogP contribution in [0.3, 0.4) is 0 Å². The van der Waals surface area contributed by atoms with Crippen molar-refractivity contribution in [3.63, 3.8) is 0 Å². The average molecular weight is 1340 g/mol. The summed E-state index contributed by atoms with van der Waals surface area (Å²) in [4.78, 5) is 0. The Labute approximate surface area is 591 Å². The molecule has 22 rings (SSSR count). The van der Waals surface area contributed by atoms with E-state index in [4.69, 9.17) is 0 Å². The summed E-state index contributed by atoms with van der Waals surface area (Å²) in [6.07, 6.45) is 0. The molecule has 4 heterocycles. The molecule has 4 heteroatoms. The summed E-state index contributed by atoms with van der Waals surface area (Å²) in [6, 6.07) is 123. The second-order valence-electron chi connectivity index (χ2n) is 26.8. The second-order valence-corrected chi connectivity index (χ2v) is 31.1. The number of hydrogen-bond donors (Lipinski definition) is 0. The van der Waals surface area contributed by atoms with E-state index in [9.17, 15) is 0 Å². The van der Waals surface area contributed by atoms with Gasteiger partial charge in [0.1, 0.15) is 0 Å². The third-order valence-electron chi connectivity index (χ3n) is 21.4. The summed E-state index contributed by atoms with van der Waals surface area (Å²) in [7, 11) is 0. The van der Waals surface area contributed by atoms with Crippen molar-refractivity contribution >= 4 is 191 Å². The monoisotopic (exact) mass is 1330 g/mol. The molecule has 0 bridgehead atoms. The molecular formula is C96H54S4. The fourth-order valence-electron chi connectivity index (χ4n) is 16.8. The van der Waals surface area contributed by atoms with E-state index in [0.29, 0.717) is 0 Å². The van der Waals surface area contributed by atoms with E-state index in [0.717, 1.165) is 0 Å². The summed E-state index contributed by atoms with van der Waals surface area (Å²) >= 11 is 7.72. The van der Waals surface area contributed by atoms with Crippen LogP contribution in [0, 0.1) is 0 Å². The Balaban J connectivity index is 0.575.